The SMILES string of the molecule is CC1Oc2ccccc2N(CC(=O)N2CCSCC2CC(=O)O)C1=O. The number of benzene rings is 1. The van der Waals surface area contributed by atoms with Gasteiger partial charge in [0, 0.05) is 18.1 Å². The number of nitrogens with zero attached hydrogens (tertiary/aromatic N) is 2. The minimum absolute atomic E-state index is 0.0806. The number of hydrogen-bond acceptors (Lipinski definition) is 5. The van der Waals surface area contributed by atoms with Crippen LogP contribution < -0.4 is 9.64 Å². The van der Waals surface area contributed by atoms with Crippen molar-refractivity contribution in [3.8, 4) is 5.75 Å². The summed E-state index contributed by atoms with van der Waals surface area (Å²) in [5, 5.41) is 9.07. The summed E-state index contributed by atoms with van der Waals surface area (Å²) in [5.74, 6) is 0.510. The minimum atomic E-state index is -0.924. The third-order valence-electron chi connectivity index (χ3n) is 4.33. The van der Waals surface area contributed by atoms with E-state index in [0.717, 1.165) is 5.75 Å². The molecule has 25 heavy (non-hydrogen) atoms. The second kappa shape index (κ2) is 7.35. The van der Waals surface area contributed by atoms with Crippen LogP contribution in [-0.4, -0.2) is 64.5 Å². The second-order valence-corrected chi connectivity index (χ2v) is 7.22. The van der Waals surface area contributed by atoms with E-state index in [2.05, 4.69) is 0 Å². The van der Waals surface area contributed by atoms with Gasteiger partial charge in [0.25, 0.3) is 5.91 Å². The van der Waals surface area contributed by atoms with E-state index < -0.39 is 12.1 Å². The molecule has 134 valence electrons. The molecule has 1 fully saturated rings. The first-order valence-corrected chi connectivity index (χ1v) is 9.29. The largest absolute Gasteiger partial charge is 0.481 e. The van der Waals surface area contributed by atoms with Gasteiger partial charge in [0.15, 0.2) is 6.10 Å². The number of carboxylic acids is 1. The van der Waals surface area contributed by atoms with Gasteiger partial charge in [-0.2, -0.15) is 11.8 Å². The Hall–Kier alpha value is -2.22. The number of amides is 2. The lowest BCUT2D eigenvalue weighted by molar-refractivity contribution is -0.140. The van der Waals surface area contributed by atoms with Crippen LogP contribution in [0.4, 0.5) is 5.69 Å². The summed E-state index contributed by atoms with van der Waals surface area (Å²) >= 11 is 1.64. The monoisotopic (exact) mass is 364 g/mol. The second-order valence-electron chi connectivity index (χ2n) is 6.07. The van der Waals surface area contributed by atoms with Crippen LogP contribution in [0, 0.1) is 0 Å². The lowest BCUT2D eigenvalue weighted by atomic mass is 10.1. The van der Waals surface area contributed by atoms with Gasteiger partial charge < -0.3 is 14.7 Å². The summed E-state index contributed by atoms with van der Waals surface area (Å²) in [7, 11) is 0. The summed E-state index contributed by atoms with van der Waals surface area (Å²) in [6.45, 7) is 2.04. The Labute approximate surface area is 149 Å². The van der Waals surface area contributed by atoms with Gasteiger partial charge in [-0.1, -0.05) is 12.1 Å². The van der Waals surface area contributed by atoms with Crippen LogP contribution in [0.15, 0.2) is 24.3 Å². The van der Waals surface area contributed by atoms with Gasteiger partial charge >= 0.3 is 5.97 Å². The molecule has 2 aliphatic heterocycles. The lowest BCUT2D eigenvalue weighted by Gasteiger charge is -2.38. The van der Waals surface area contributed by atoms with Crippen LogP contribution in [0.25, 0.3) is 0 Å². The van der Waals surface area contributed by atoms with Crippen molar-refractivity contribution in [1.82, 2.24) is 4.90 Å². The number of para-hydroxylation sites is 2. The molecule has 8 heteroatoms. The topological polar surface area (TPSA) is 87.2 Å². The number of anilines is 1. The van der Waals surface area contributed by atoms with Gasteiger partial charge in [0.2, 0.25) is 5.91 Å². The number of fused-ring (bicyclic) bond motifs is 1. The zero-order chi connectivity index (χ0) is 18.0. The zero-order valence-electron chi connectivity index (χ0n) is 13.9. The Balaban J connectivity index is 1.79. The van der Waals surface area contributed by atoms with E-state index in [1.54, 1.807) is 41.8 Å². The summed E-state index contributed by atoms with van der Waals surface area (Å²) in [6.07, 6.45) is -0.739. The molecule has 2 amide bonds. The van der Waals surface area contributed by atoms with Crippen LogP contribution in [0.1, 0.15) is 13.3 Å². The highest BCUT2D eigenvalue weighted by Gasteiger charge is 2.35. The maximum absolute atomic E-state index is 12.8. The van der Waals surface area contributed by atoms with Gasteiger partial charge in [-0.25, -0.2) is 0 Å². The molecule has 0 aromatic heterocycles. The van der Waals surface area contributed by atoms with Gasteiger partial charge in [-0.05, 0) is 19.1 Å². The van der Waals surface area contributed by atoms with Crippen LogP contribution in [0.2, 0.25) is 0 Å². The first-order chi connectivity index (χ1) is 12.0. The predicted octanol–water partition coefficient (Wildman–Crippen LogP) is 1.22. The quantitative estimate of drug-likeness (QED) is 0.864. The van der Waals surface area contributed by atoms with Gasteiger partial charge in [-0.15, -0.1) is 0 Å². The minimum Gasteiger partial charge on any atom is -0.481 e. The highest BCUT2D eigenvalue weighted by Crippen LogP contribution is 2.33. The number of aliphatic carboxylic acids is 1. The van der Waals surface area contributed by atoms with Crippen molar-refractivity contribution in [2.45, 2.75) is 25.5 Å². The third-order valence-corrected chi connectivity index (χ3v) is 5.42. The fourth-order valence-corrected chi connectivity index (χ4v) is 4.16. The first kappa shape index (κ1) is 17.6. The van der Waals surface area contributed by atoms with Gasteiger partial charge in [0.1, 0.15) is 12.3 Å². The molecule has 0 spiro atoms. The molecular weight excluding hydrogens is 344 g/mol. The van der Waals surface area contributed by atoms with Crippen LogP contribution >= 0.6 is 11.8 Å². The number of ether oxygens (including phenoxy) is 1. The lowest BCUT2D eigenvalue weighted by Crippen LogP contribution is -2.53. The maximum atomic E-state index is 12.8. The van der Waals surface area contributed by atoms with Crippen LogP contribution in [-0.2, 0) is 14.4 Å². The molecule has 1 aromatic rings. The van der Waals surface area contributed by atoms with E-state index >= 15 is 0 Å². The smallest absolute Gasteiger partial charge is 0.305 e. The van der Waals surface area contributed by atoms with E-state index in [1.165, 1.54) is 4.90 Å². The average molecular weight is 364 g/mol. The van der Waals surface area contributed by atoms with E-state index in [0.29, 0.717) is 23.7 Å². The summed E-state index contributed by atoms with van der Waals surface area (Å²) < 4.78 is 5.58. The molecule has 7 nitrogen and oxygen atoms in total. The Morgan fingerprint density at radius 3 is 2.88 bits per heavy atom. The molecule has 2 unspecified atom stereocenters. The van der Waals surface area contributed by atoms with Crippen molar-refractivity contribution in [2.75, 3.05) is 29.5 Å². The number of hydrogen-bond donors (Lipinski definition) is 1. The van der Waals surface area contributed by atoms with Crippen molar-refractivity contribution >= 4 is 35.2 Å². The molecule has 1 aromatic carbocycles. The van der Waals surface area contributed by atoms with E-state index in [-0.39, 0.29) is 30.8 Å². The molecule has 2 aliphatic rings. The molecule has 1 N–H and O–H groups in total. The molecule has 1 saturated heterocycles. The van der Waals surface area contributed by atoms with Crippen molar-refractivity contribution in [3.63, 3.8) is 0 Å². The number of carboxylic acid groups (broad SMARTS) is 1. The zero-order valence-corrected chi connectivity index (χ0v) is 14.7. The van der Waals surface area contributed by atoms with Crippen molar-refractivity contribution in [2.24, 2.45) is 0 Å². The molecule has 0 radical (unpaired) electrons. The van der Waals surface area contributed by atoms with E-state index in [4.69, 9.17) is 9.84 Å². The fraction of sp³-hybridized carbons (Fsp3) is 0.471. The number of rotatable bonds is 4. The fourth-order valence-electron chi connectivity index (χ4n) is 3.10. The molecule has 0 aliphatic carbocycles. The number of carbonyl (C=O) groups is 3. The highest BCUT2D eigenvalue weighted by atomic mass is 32.2. The normalized spacial score (nSPS) is 23.0. The van der Waals surface area contributed by atoms with Crippen molar-refractivity contribution < 1.29 is 24.2 Å². The average Bonchev–Trinajstić information content (AvgIpc) is 2.58. The Morgan fingerprint density at radius 2 is 2.12 bits per heavy atom. The Kier molecular flexibility index (Phi) is 5.17. The molecule has 0 bridgehead atoms. The molecule has 3 rings (SSSR count). The summed E-state index contributed by atoms with van der Waals surface area (Å²) in [5.41, 5.74) is 0.570. The maximum Gasteiger partial charge on any atom is 0.305 e. The van der Waals surface area contributed by atoms with Crippen molar-refractivity contribution in [1.29, 1.82) is 0 Å². The predicted molar refractivity (Wildman–Crippen MR) is 94.0 cm³/mol. The summed E-state index contributed by atoms with van der Waals surface area (Å²) in [6, 6.07) is 6.76. The molecule has 2 heterocycles. The molecular formula is C17H20N2O5S. The highest BCUT2D eigenvalue weighted by molar-refractivity contribution is 7.99. The first-order valence-electron chi connectivity index (χ1n) is 8.13. The molecule has 2 atom stereocenters. The molecule has 0 saturated carbocycles. The van der Waals surface area contributed by atoms with Gasteiger partial charge in [-0.3, -0.25) is 19.3 Å². The van der Waals surface area contributed by atoms with E-state index in [9.17, 15) is 14.4 Å². The Morgan fingerprint density at radius 1 is 1.36 bits per heavy atom. The van der Waals surface area contributed by atoms with Crippen molar-refractivity contribution in [3.05, 3.63) is 24.3 Å². The third kappa shape index (κ3) is 3.73. The van der Waals surface area contributed by atoms with Crippen LogP contribution in [0.3, 0.4) is 0 Å². The standard InChI is InChI=1S/C17H20N2O5S/c1-11-17(23)19(13-4-2-3-5-14(13)24-11)9-15(20)18-6-7-25-10-12(18)8-16(21)22/h2-5,11-12H,6-10H2,1H3,(H,21,22). The van der Waals surface area contributed by atoms with Gasteiger partial charge in [0.05, 0.1) is 18.2 Å². The van der Waals surface area contributed by atoms with Crippen LogP contribution in [0.5, 0.6) is 5.75 Å². The number of thioether (sulfide) groups is 1. The van der Waals surface area contributed by atoms with E-state index in [1.807, 2.05) is 6.07 Å². The number of carbonyl (C=O) groups excluding carboxylic acids is 2. The summed E-state index contributed by atoms with van der Waals surface area (Å²) in [4.78, 5) is 39.4. The Bertz CT molecular complexity index is 695.